The molecule has 1 unspecified atom stereocenters. The van der Waals surface area contributed by atoms with Crippen LogP contribution in [0.2, 0.25) is 5.02 Å². The minimum atomic E-state index is -0.121. The lowest BCUT2D eigenvalue weighted by Gasteiger charge is -2.24. The maximum absolute atomic E-state index is 12.2. The summed E-state index contributed by atoms with van der Waals surface area (Å²) in [5.74, 6) is 0. The van der Waals surface area contributed by atoms with Crippen LogP contribution in [0.1, 0.15) is 31.4 Å². The molecule has 1 aliphatic carbocycles. The predicted molar refractivity (Wildman–Crippen MR) is 75.2 cm³/mol. The summed E-state index contributed by atoms with van der Waals surface area (Å²) in [7, 11) is 0. The second kappa shape index (κ2) is 6.26. The van der Waals surface area contributed by atoms with E-state index in [1.807, 2.05) is 31.2 Å². The number of hydrogen-bond donors (Lipinski definition) is 2. The molecule has 0 aliphatic heterocycles. The smallest absolute Gasteiger partial charge is 0.318 e. The zero-order valence-corrected chi connectivity index (χ0v) is 11.7. The van der Waals surface area contributed by atoms with Gasteiger partial charge in [0.15, 0.2) is 0 Å². The number of amides is 2. The van der Waals surface area contributed by atoms with Crippen molar-refractivity contribution in [1.82, 2.24) is 10.2 Å². The zero-order chi connectivity index (χ0) is 13.8. The molecule has 2 N–H and O–H groups in total. The van der Waals surface area contributed by atoms with Crippen LogP contribution in [-0.2, 0) is 0 Å². The number of aliphatic hydroxyl groups is 1. The van der Waals surface area contributed by atoms with Crippen molar-refractivity contribution in [2.75, 3.05) is 13.2 Å². The molecule has 0 radical (unpaired) electrons. The molecular weight excluding hydrogens is 264 g/mol. The first-order chi connectivity index (χ1) is 9.11. The van der Waals surface area contributed by atoms with Gasteiger partial charge in [-0.05, 0) is 37.5 Å². The van der Waals surface area contributed by atoms with Gasteiger partial charge in [0.1, 0.15) is 0 Å². The Morgan fingerprint density at radius 3 is 2.89 bits per heavy atom. The van der Waals surface area contributed by atoms with E-state index >= 15 is 0 Å². The fourth-order valence-corrected chi connectivity index (χ4v) is 2.27. The van der Waals surface area contributed by atoms with Gasteiger partial charge in [0.2, 0.25) is 0 Å². The number of benzene rings is 1. The van der Waals surface area contributed by atoms with Crippen molar-refractivity contribution in [2.24, 2.45) is 0 Å². The first kappa shape index (κ1) is 14.2. The monoisotopic (exact) mass is 282 g/mol. The fourth-order valence-electron chi connectivity index (χ4n) is 2.07. The molecule has 0 heterocycles. The number of carbonyl (C=O) groups excluding carboxylic acids is 1. The van der Waals surface area contributed by atoms with Crippen LogP contribution >= 0.6 is 11.6 Å². The average molecular weight is 283 g/mol. The van der Waals surface area contributed by atoms with Gasteiger partial charge in [0.05, 0.1) is 12.6 Å². The second-order valence-electron chi connectivity index (χ2n) is 4.87. The summed E-state index contributed by atoms with van der Waals surface area (Å²) in [6, 6.07) is 7.52. The Morgan fingerprint density at radius 2 is 2.32 bits per heavy atom. The molecule has 1 aromatic carbocycles. The maximum atomic E-state index is 12.2. The summed E-state index contributed by atoms with van der Waals surface area (Å²) >= 11 is 5.94. The molecule has 1 aromatic rings. The number of urea groups is 1. The van der Waals surface area contributed by atoms with Gasteiger partial charge in [0, 0.05) is 17.6 Å². The van der Waals surface area contributed by atoms with Gasteiger partial charge < -0.3 is 15.3 Å². The SMILES string of the molecule is CC(NC(=O)N(CCO)C1CC1)c1cccc(Cl)c1. The Morgan fingerprint density at radius 1 is 1.58 bits per heavy atom. The first-order valence-corrected chi connectivity index (χ1v) is 6.93. The normalized spacial score (nSPS) is 15.9. The van der Waals surface area contributed by atoms with Gasteiger partial charge in [-0.1, -0.05) is 23.7 Å². The Hall–Kier alpha value is -1.26. The Labute approximate surface area is 118 Å². The molecule has 1 saturated carbocycles. The molecule has 1 aliphatic rings. The van der Waals surface area contributed by atoms with E-state index in [4.69, 9.17) is 16.7 Å². The Kier molecular flexibility index (Phi) is 4.66. The molecule has 0 aromatic heterocycles. The quantitative estimate of drug-likeness (QED) is 0.872. The molecule has 104 valence electrons. The molecule has 0 bridgehead atoms. The van der Waals surface area contributed by atoms with E-state index in [9.17, 15) is 4.79 Å². The van der Waals surface area contributed by atoms with Gasteiger partial charge in [-0.15, -0.1) is 0 Å². The first-order valence-electron chi connectivity index (χ1n) is 6.55. The number of nitrogens with one attached hydrogen (secondary N) is 1. The minimum absolute atomic E-state index is 0.00450. The van der Waals surface area contributed by atoms with Crippen molar-refractivity contribution < 1.29 is 9.90 Å². The van der Waals surface area contributed by atoms with Gasteiger partial charge in [-0.25, -0.2) is 4.79 Å². The van der Waals surface area contributed by atoms with E-state index in [0.29, 0.717) is 17.6 Å². The number of nitrogens with zero attached hydrogens (tertiary/aromatic N) is 1. The molecule has 0 saturated heterocycles. The van der Waals surface area contributed by atoms with Crippen LogP contribution in [0.3, 0.4) is 0 Å². The Balaban J connectivity index is 1.97. The summed E-state index contributed by atoms with van der Waals surface area (Å²) < 4.78 is 0. The molecule has 5 heteroatoms. The highest BCUT2D eigenvalue weighted by Crippen LogP contribution is 2.27. The summed E-state index contributed by atoms with van der Waals surface area (Å²) in [6.07, 6.45) is 2.05. The van der Waals surface area contributed by atoms with E-state index in [1.54, 1.807) is 4.90 Å². The van der Waals surface area contributed by atoms with Gasteiger partial charge in [-0.3, -0.25) is 0 Å². The third-order valence-corrected chi connectivity index (χ3v) is 3.51. The van der Waals surface area contributed by atoms with Crippen LogP contribution in [0, 0.1) is 0 Å². The largest absolute Gasteiger partial charge is 0.395 e. The fraction of sp³-hybridized carbons (Fsp3) is 0.500. The summed E-state index contributed by atoms with van der Waals surface area (Å²) in [4.78, 5) is 13.9. The van der Waals surface area contributed by atoms with E-state index in [2.05, 4.69) is 5.32 Å². The topological polar surface area (TPSA) is 52.6 Å². The molecule has 2 amide bonds. The summed E-state index contributed by atoms with van der Waals surface area (Å²) in [5, 5.41) is 12.6. The van der Waals surface area contributed by atoms with Gasteiger partial charge in [-0.2, -0.15) is 0 Å². The molecule has 1 atom stereocenters. The number of hydrogen-bond acceptors (Lipinski definition) is 2. The highest BCUT2D eigenvalue weighted by Gasteiger charge is 2.32. The van der Waals surface area contributed by atoms with Crippen LogP contribution in [0.25, 0.3) is 0 Å². The van der Waals surface area contributed by atoms with Crippen LogP contribution in [-0.4, -0.2) is 35.2 Å². The third kappa shape index (κ3) is 3.85. The molecule has 4 nitrogen and oxygen atoms in total. The summed E-state index contributed by atoms with van der Waals surface area (Å²) in [6.45, 7) is 2.31. The van der Waals surface area contributed by atoms with Crippen molar-refractivity contribution in [3.05, 3.63) is 34.9 Å². The number of rotatable bonds is 5. The van der Waals surface area contributed by atoms with Crippen molar-refractivity contribution in [2.45, 2.75) is 31.8 Å². The molecular formula is C14H19ClN2O2. The minimum Gasteiger partial charge on any atom is -0.395 e. The molecule has 19 heavy (non-hydrogen) atoms. The summed E-state index contributed by atoms with van der Waals surface area (Å²) in [5.41, 5.74) is 0.973. The Bertz CT molecular complexity index is 449. The van der Waals surface area contributed by atoms with Crippen molar-refractivity contribution in [3.63, 3.8) is 0 Å². The molecule has 1 fully saturated rings. The van der Waals surface area contributed by atoms with Crippen LogP contribution in [0.4, 0.5) is 4.79 Å². The number of halogens is 1. The zero-order valence-electron chi connectivity index (χ0n) is 11.0. The van der Waals surface area contributed by atoms with Gasteiger partial charge in [0.25, 0.3) is 0 Å². The average Bonchev–Trinajstić information content (AvgIpc) is 3.20. The van der Waals surface area contributed by atoms with E-state index in [-0.39, 0.29) is 18.7 Å². The van der Waals surface area contributed by atoms with Gasteiger partial charge >= 0.3 is 6.03 Å². The highest BCUT2D eigenvalue weighted by molar-refractivity contribution is 6.30. The van der Waals surface area contributed by atoms with Crippen LogP contribution in [0.15, 0.2) is 24.3 Å². The number of carbonyl (C=O) groups is 1. The van der Waals surface area contributed by atoms with E-state index < -0.39 is 0 Å². The molecule has 2 rings (SSSR count). The van der Waals surface area contributed by atoms with E-state index in [0.717, 1.165) is 18.4 Å². The standard InChI is InChI=1S/C14H19ClN2O2/c1-10(11-3-2-4-12(15)9-11)16-14(19)17(7-8-18)13-5-6-13/h2-4,9-10,13,18H,5-8H2,1H3,(H,16,19). The van der Waals surface area contributed by atoms with Crippen molar-refractivity contribution in [3.8, 4) is 0 Å². The lowest BCUT2D eigenvalue weighted by Crippen LogP contribution is -2.43. The number of aliphatic hydroxyl groups excluding tert-OH is 1. The lowest BCUT2D eigenvalue weighted by atomic mass is 10.1. The highest BCUT2D eigenvalue weighted by atomic mass is 35.5. The molecule has 0 spiro atoms. The van der Waals surface area contributed by atoms with Crippen LogP contribution in [0.5, 0.6) is 0 Å². The van der Waals surface area contributed by atoms with Crippen LogP contribution < -0.4 is 5.32 Å². The third-order valence-electron chi connectivity index (χ3n) is 3.28. The second-order valence-corrected chi connectivity index (χ2v) is 5.31. The maximum Gasteiger partial charge on any atom is 0.318 e. The lowest BCUT2D eigenvalue weighted by molar-refractivity contribution is 0.171. The predicted octanol–water partition coefficient (Wildman–Crippen LogP) is 2.57. The van der Waals surface area contributed by atoms with Crippen molar-refractivity contribution in [1.29, 1.82) is 0 Å². The van der Waals surface area contributed by atoms with E-state index in [1.165, 1.54) is 0 Å². The van der Waals surface area contributed by atoms with Crippen molar-refractivity contribution >= 4 is 17.6 Å².